The minimum atomic E-state index is -5.08. The van der Waals surface area contributed by atoms with Crippen molar-refractivity contribution in [3.63, 3.8) is 0 Å². The number of benzene rings is 2. The average Bonchev–Trinajstić information content (AvgIpc) is 3.86. The van der Waals surface area contributed by atoms with Gasteiger partial charge in [-0.25, -0.2) is 14.6 Å². The lowest BCUT2D eigenvalue weighted by molar-refractivity contribution is -0.192. The Hall–Kier alpha value is -5.49. The van der Waals surface area contributed by atoms with Gasteiger partial charge in [-0.2, -0.15) is 23.1 Å². The van der Waals surface area contributed by atoms with Crippen LogP contribution in [0.1, 0.15) is 63.1 Å². The van der Waals surface area contributed by atoms with E-state index in [0.29, 0.717) is 49.0 Å². The molecular formula is C37H46F3N9O6. The van der Waals surface area contributed by atoms with Gasteiger partial charge in [-0.1, -0.05) is 67.6 Å². The van der Waals surface area contributed by atoms with E-state index in [-0.39, 0.29) is 36.4 Å². The topological polar surface area (TPSA) is 207 Å². The number of fused-ring (bicyclic) bond motifs is 1. The molecule has 3 amide bonds. The standard InChI is InChI=1S/C35H45N9O4.C2HF3O2/c1-4-28(45)40-26-17-27(31(47)30(26)46)44-20-37-29-32(36-18-25(22-11-7-5-8-12-22)23-13-9-6-10-14-23)41-34(42-33(29)44)43-16-15-24(19-43)39-35(48)38-21(2)3;3-2(4,5)1(6)7/h5-14,20-21,24-27,30-31,46-47H,4,15-19H2,1-3H3,(H,40,45)(H,36,41,42)(H2,38,39,48);(H,6,7)/t24-,26+,27-,30-,31+;/m1./s1. The van der Waals surface area contributed by atoms with Crippen LogP contribution in [-0.4, -0.2) is 109 Å². The van der Waals surface area contributed by atoms with Gasteiger partial charge in [-0.3, -0.25) is 4.79 Å². The maximum absolute atomic E-state index is 12.4. The molecule has 1 aliphatic heterocycles. The van der Waals surface area contributed by atoms with Crippen LogP contribution in [0, 0.1) is 0 Å². The summed E-state index contributed by atoms with van der Waals surface area (Å²) >= 11 is 0. The van der Waals surface area contributed by atoms with Crippen LogP contribution < -0.4 is 26.2 Å². The van der Waals surface area contributed by atoms with E-state index in [2.05, 4.69) is 45.5 Å². The molecule has 296 valence electrons. The zero-order chi connectivity index (χ0) is 39.9. The summed E-state index contributed by atoms with van der Waals surface area (Å²) in [6.07, 6.45) is -4.42. The molecule has 7 N–H and O–H groups in total. The van der Waals surface area contributed by atoms with Crippen molar-refractivity contribution in [1.82, 2.24) is 35.5 Å². The normalized spacial score (nSPS) is 21.0. The van der Waals surface area contributed by atoms with Crippen LogP contribution in [-0.2, 0) is 9.59 Å². The molecule has 2 aromatic carbocycles. The SMILES string of the molecule is CCC(=O)N[C@H]1C[C@@H](n2cnc3c(NCC(c4ccccc4)c4ccccc4)nc(N4CC[C@@H](NC(=O)NC(C)C)C4)nc32)[C@H](O)[C@@H]1O.O=C(O)C(F)(F)F. The quantitative estimate of drug-likeness (QED) is 0.117. The third-order valence-corrected chi connectivity index (χ3v) is 9.43. The summed E-state index contributed by atoms with van der Waals surface area (Å²) in [5.74, 6) is -1.90. The maximum atomic E-state index is 12.4. The molecule has 1 saturated heterocycles. The van der Waals surface area contributed by atoms with E-state index in [4.69, 9.17) is 24.9 Å². The van der Waals surface area contributed by atoms with Crippen LogP contribution in [0.4, 0.5) is 29.7 Å². The second-order valence-corrected chi connectivity index (χ2v) is 13.8. The lowest BCUT2D eigenvalue weighted by Crippen LogP contribution is -2.45. The molecule has 15 nitrogen and oxygen atoms in total. The van der Waals surface area contributed by atoms with Gasteiger partial charge in [0.25, 0.3) is 0 Å². The van der Waals surface area contributed by atoms with Gasteiger partial charge >= 0.3 is 18.2 Å². The largest absolute Gasteiger partial charge is 0.490 e. The number of hydrogen-bond acceptors (Lipinski definition) is 10. The predicted octanol–water partition coefficient (Wildman–Crippen LogP) is 3.55. The third-order valence-electron chi connectivity index (χ3n) is 9.43. The molecule has 0 radical (unpaired) electrons. The van der Waals surface area contributed by atoms with Gasteiger partial charge < -0.3 is 46.1 Å². The van der Waals surface area contributed by atoms with E-state index in [1.54, 1.807) is 17.8 Å². The molecule has 2 aliphatic rings. The number of carboxylic acid groups (broad SMARTS) is 1. The van der Waals surface area contributed by atoms with E-state index in [9.17, 15) is 33.0 Å². The Kier molecular flexibility index (Phi) is 13.1. The number of halogens is 3. The van der Waals surface area contributed by atoms with Crippen molar-refractivity contribution in [2.24, 2.45) is 0 Å². The molecule has 55 heavy (non-hydrogen) atoms. The number of hydrogen-bond donors (Lipinski definition) is 7. The first-order valence-corrected chi connectivity index (χ1v) is 18.0. The van der Waals surface area contributed by atoms with Crippen molar-refractivity contribution in [3.05, 3.63) is 78.1 Å². The van der Waals surface area contributed by atoms with E-state index >= 15 is 0 Å². The number of rotatable bonds is 11. The molecule has 5 atom stereocenters. The number of nitrogens with zero attached hydrogens (tertiary/aromatic N) is 5. The average molecular weight is 770 g/mol. The number of urea groups is 1. The summed E-state index contributed by atoms with van der Waals surface area (Å²) in [6.45, 7) is 7.27. The fraction of sp³-hybridized carbons (Fsp3) is 0.459. The zero-order valence-electron chi connectivity index (χ0n) is 30.6. The van der Waals surface area contributed by atoms with E-state index < -0.39 is 36.4 Å². The summed E-state index contributed by atoms with van der Waals surface area (Å²) < 4.78 is 33.5. The Bertz CT molecular complexity index is 1880. The van der Waals surface area contributed by atoms with Crippen molar-refractivity contribution < 1.29 is 42.9 Å². The van der Waals surface area contributed by atoms with Crippen LogP contribution in [0.2, 0.25) is 0 Å². The molecule has 2 fully saturated rings. The molecule has 0 unspecified atom stereocenters. The smallest absolute Gasteiger partial charge is 0.475 e. The van der Waals surface area contributed by atoms with Gasteiger partial charge in [0.05, 0.1) is 18.4 Å². The number of alkyl halides is 3. The van der Waals surface area contributed by atoms with Crippen molar-refractivity contribution in [1.29, 1.82) is 0 Å². The van der Waals surface area contributed by atoms with Gasteiger partial charge in [0, 0.05) is 44.1 Å². The van der Waals surface area contributed by atoms with Gasteiger partial charge in [0.1, 0.15) is 12.2 Å². The molecule has 1 saturated carbocycles. The summed E-state index contributed by atoms with van der Waals surface area (Å²) in [7, 11) is 0. The fourth-order valence-corrected chi connectivity index (χ4v) is 6.69. The second-order valence-electron chi connectivity index (χ2n) is 13.8. The van der Waals surface area contributed by atoms with Crippen LogP contribution in [0.25, 0.3) is 11.2 Å². The number of aromatic nitrogens is 4. The van der Waals surface area contributed by atoms with Crippen molar-refractivity contribution >= 4 is 40.8 Å². The van der Waals surface area contributed by atoms with E-state index in [1.807, 2.05) is 55.1 Å². The Labute approximate surface area is 315 Å². The number of aliphatic carboxylic acids is 1. The minimum Gasteiger partial charge on any atom is -0.475 e. The molecule has 0 spiro atoms. The molecule has 6 rings (SSSR count). The Morgan fingerprint density at radius 2 is 1.56 bits per heavy atom. The van der Waals surface area contributed by atoms with Gasteiger partial charge in [-0.05, 0) is 37.8 Å². The Balaban J connectivity index is 0.000000757. The van der Waals surface area contributed by atoms with E-state index in [1.165, 1.54) is 0 Å². The number of carboxylic acids is 1. The number of aliphatic hydroxyl groups excluding tert-OH is 2. The lowest BCUT2D eigenvalue weighted by Gasteiger charge is -2.22. The van der Waals surface area contributed by atoms with E-state index in [0.717, 1.165) is 17.5 Å². The first-order valence-electron chi connectivity index (χ1n) is 18.0. The lowest BCUT2D eigenvalue weighted by atomic mass is 9.91. The molecule has 18 heteroatoms. The number of amides is 3. The molecule has 4 aromatic rings. The number of imidazole rings is 1. The highest BCUT2D eigenvalue weighted by Gasteiger charge is 2.44. The number of anilines is 2. The Morgan fingerprint density at radius 1 is 0.945 bits per heavy atom. The van der Waals surface area contributed by atoms with Crippen molar-refractivity contribution in [3.8, 4) is 0 Å². The second kappa shape index (κ2) is 17.8. The summed E-state index contributed by atoms with van der Waals surface area (Å²) in [5, 5.41) is 41.5. The third kappa shape index (κ3) is 10.2. The minimum absolute atomic E-state index is 0.0251. The highest BCUT2D eigenvalue weighted by atomic mass is 19.4. The van der Waals surface area contributed by atoms with Gasteiger partial charge in [-0.15, -0.1) is 0 Å². The molecule has 1 aliphatic carbocycles. The Morgan fingerprint density at radius 3 is 2.13 bits per heavy atom. The van der Waals surface area contributed by atoms with Gasteiger partial charge in [0.2, 0.25) is 11.9 Å². The predicted molar refractivity (Wildman–Crippen MR) is 198 cm³/mol. The van der Waals surface area contributed by atoms with Crippen LogP contribution >= 0.6 is 0 Å². The number of carbonyl (C=O) groups excluding carboxylic acids is 2. The van der Waals surface area contributed by atoms with Crippen molar-refractivity contribution in [2.45, 2.75) is 88.5 Å². The fourth-order valence-electron chi connectivity index (χ4n) is 6.69. The summed E-state index contributed by atoms with van der Waals surface area (Å²) in [6, 6.07) is 19.1. The highest BCUT2D eigenvalue weighted by Crippen LogP contribution is 2.35. The van der Waals surface area contributed by atoms with Gasteiger partial charge in [0.15, 0.2) is 17.0 Å². The van der Waals surface area contributed by atoms with Crippen LogP contribution in [0.5, 0.6) is 0 Å². The van der Waals surface area contributed by atoms with Crippen molar-refractivity contribution in [2.75, 3.05) is 29.9 Å². The zero-order valence-corrected chi connectivity index (χ0v) is 30.6. The highest BCUT2D eigenvalue weighted by molar-refractivity contribution is 5.85. The summed E-state index contributed by atoms with van der Waals surface area (Å²) in [4.78, 5) is 50.2. The molecular weight excluding hydrogens is 723 g/mol. The summed E-state index contributed by atoms with van der Waals surface area (Å²) in [5.41, 5.74) is 3.35. The molecule has 3 heterocycles. The monoisotopic (exact) mass is 769 g/mol. The van der Waals surface area contributed by atoms with Crippen LogP contribution in [0.3, 0.4) is 0 Å². The first kappa shape index (κ1) is 40.7. The molecule has 0 bridgehead atoms. The molecule has 2 aromatic heterocycles. The number of aliphatic hydroxyl groups is 2. The first-order chi connectivity index (χ1) is 26.2. The maximum Gasteiger partial charge on any atom is 0.490 e. The van der Waals surface area contributed by atoms with Crippen LogP contribution in [0.15, 0.2) is 67.0 Å². The number of nitrogens with one attached hydrogen (secondary N) is 4. The number of carbonyl (C=O) groups is 3.